The van der Waals surface area contributed by atoms with Crippen molar-refractivity contribution in [3.05, 3.63) is 28.0 Å². The van der Waals surface area contributed by atoms with Crippen LogP contribution in [0.3, 0.4) is 0 Å². The molecule has 0 aliphatic carbocycles. The summed E-state index contributed by atoms with van der Waals surface area (Å²) in [5, 5.41) is 5.98. The highest BCUT2D eigenvalue weighted by atomic mass is 35.5. The normalized spacial score (nSPS) is 16.0. The van der Waals surface area contributed by atoms with Gasteiger partial charge in [-0.05, 0) is 38.1 Å². The average molecular weight is 335 g/mol. The van der Waals surface area contributed by atoms with Crippen LogP contribution < -0.4 is 10.6 Å². The zero-order chi connectivity index (χ0) is 15.2. The molecule has 1 saturated heterocycles. The van der Waals surface area contributed by atoms with Gasteiger partial charge in [0.2, 0.25) is 5.91 Å². The molecule has 0 radical (unpaired) electrons. The molecule has 1 amide bonds. The summed E-state index contributed by atoms with van der Waals surface area (Å²) in [6, 6.07) is 2.21. The van der Waals surface area contributed by atoms with E-state index in [9.17, 15) is 9.18 Å². The topological polar surface area (TPSA) is 50.4 Å². The fourth-order valence-corrected chi connectivity index (χ4v) is 2.70. The third-order valence-corrected chi connectivity index (χ3v) is 3.84. The number of piperidine rings is 1. The van der Waals surface area contributed by atoms with Gasteiger partial charge in [-0.3, -0.25) is 4.79 Å². The maximum absolute atomic E-state index is 13.0. The number of anilines is 1. The summed E-state index contributed by atoms with van der Waals surface area (Å²) >= 11 is 11.7. The van der Waals surface area contributed by atoms with Gasteiger partial charge in [-0.1, -0.05) is 23.2 Å². The Bertz CT molecular complexity index is 485. The van der Waals surface area contributed by atoms with Crippen LogP contribution in [-0.2, 0) is 9.53 Å². The lowest BCUT2D eigenvalue weighted by molar-refractivity contribution is -0.117. The molecule has 21 heavy (non-hydrogen) atoms. The Labute approximate surface area is 132 Å². The third-order valence-electron chi connectivity index (χ3n) is 3.24. The van der Waals surface area contributed by atoms with E-state index < -0.39 is 5.82 Å². The Balaban J connectivity index is 1.79. The van der Waals surface area contributed by atoms with Gasteiger partial charge in [0.15, 0.2) is 0 Å². The number of carbonyl (C=O) groups excluding carboxylic acids is 1. The fraction of sp³-hybridized carbons (Fsp3) is 0.500. The van der Waals surface area contributed by atoms with E-state index in [1.807, 2.05) is 0 Å². The number of benzene rings is 1. The number of halogens is 3. The number of carbonyl (C=O) groups is 1. The van der Waals surface area contributed by atoms with Gasteiger partial charge in [0, 0.05) is 0 Å². The quantitative estimate of drug-likeness (QED) is 0.869. The molecule has 1 heterocycles. The zero-order valence-corrected chi connectivity index (χ0v) is 12.9. The van der Waals surface area contributed by atoms with Crippen molar-refractivity contribution < 1.29 is 13.9 Å². The minimum absolute atomic E-state index is 0.0765. The van der Waals surface area contributed by atoms with Crippen LogP contribution in [0.25, 0.3) is 0 Å². The molecule has 0 spiro atoms. The van der Waals surface area contributed by atoms with Crippen LogP contribution >= 0.6 is 23.2 Å². The molecule has 1 aliphatic rings. The molecular formula is C14H17Cl2FN2O2. The predicted octanol–water partition coefficient (Wildman–Crippen LogP) is 3.23. The highest BCUT2D eigenvalue weighted by Gasteiger charge is 2.15. The molecule has 0 saturated carbocycles. The molecule has 0 bridgehead atoms. The molecule has 2 rings (SSSR count). The van der Waals surface area contributed by atoms with Gasteiger partial charge >= 0.3 is 0 Å². The second kappa shape index (κ2) is 7.94. The summed E-state index contributed by atoms with van der Waals surface area (Å²) in [5.41, 5.74) is 0.228. The van der Waals surface area contributed by atoms with E-state index in [0.29, 0.717) is 6.61 Å². The van der Waals surface area contributed by atoms with Crippen LogP contribution in [0.5, 0.6) is 0 Å². The monoisotopic (exact) mass is 334 g/mol. The van der Waals surface area contributed by atoms with Gasteiger partial charge in [0.05, 0.1) is 34.9 Å². The summed E-state index contributed by atoms with van der Waals surface area (Å²) in [6.45, 7) is 2.22. The Kier molecular flexibility index (Phi) is 6.23. The largest absolute Gasteiger partial charge is 0.378 e. The van der Waals surface area contributed by atoms with E-state index in [0.717, 1.165) is 38.1 Å². The van der Waals surface area contributed by atoms with Gasteiger partial charge in [0.1, 0.15) is 5.82 Å². The summed E-state index contributed by atoms with van der Waals surface area (Å²) in [4.78, 5) is 11.8. The molecule has 1 aromatic rings. The van der Waals surface area contributed by atoms with Crippen molar-refractivity contribution in [2.45, 2.75) is 25.4 Å². The summed E-state index contributed by atoms with van der Waals surface area (Å²) in [5.74, 6) is -0.809. The number of hydrogen-bond acceptors (Lipinski definition) is 3. The van der Waals surface area contributed by atoms with Gasteiger partial charge in [-0.25, -0.2) is 4.39 Å². The van der Waals surface area contributed by atoms with Crippen molar-refractivity contribution >= 4 is 34.8 Å². The maximum Gasteiger partial charge on any atom is 0.226 e. The minimum Gasteiger partial charge on any atom is -0.378 e. The molecule has 116 valence electrons. The first-order valence-corrected chi connectivity index (χ1v) is 7.58. The second-order valence-corrected chi connectivity index (χ2v) is 5.68. The molecule has 4 nitrogen and oxygen atoms in total. The van der Waals surface area contributed by atoms with Crippen molar-refractivity contribution in [1.29, 1.82) is 0 Å². The number of amides is 1. The van der Waals surface area contributed by atoms with Crippen molar-refractivity contribution in [2.75, 3.05) is 25.0 Å². The third kappa shape index (κ3) is 5.11. The lowest BCUT2D eigenvalue weighted by Crippen LogP contribution is -2.33. The van der Waals surface area contributed by atoms with Crippen LogP contribution in [0.4, 0.5) is 10.1 Å². The van der Waals surface area contributed by atoms with Crippen molar-refractivity contribution in [3.63, 3.8) is 0 Å². The summed E-state index contributed by atoms with van der Waals surface area (Å²) in [7, 11) is 0. The van der Waals surface area contributed by atoms with Crippen molar-refractivity contribution in [3.8, 4) is 0 Å². The summed E-state index contributed by atoms with van der Waals surface area (Å²) in [6.07, 6.45) is 2.32. The second-order valence-electron chi connectivity index (χ2n) is 4.86. The van der Waals surface area contributed by atoms with E-state index in [4.69, 9.17) is 27.9 Å². The SMILES string of the molecule is O=C(CCOC1CCNCC1)Nc1c(Cl)cc(F)cc1Cl. The van der Waals surface area contributed by atoms with E-state index >= 15 is 0 Å². The molecule has 7 heteroatoms. The number of ether oxygens (including phenoxy) is 1. The van der Waals surface area contributed by atoms with E-state index in [-0.39, 0.29) is 34.2 Å². The first kappa shape index (κ1) is 16.5. The first-order valence-electron chi connectivity index (χ1n) is 6.83. The van der Waals surface area contributed by atoms with Gasteiger partial charge in [-0.2, -0.15) is 0 Å². The molecule has 1 fully saturated rings. The highest BCUT2D eigenvalue weighted by molar-refractivity contribution is 6.39. The Hall–Kier alpha value is -0.880. The Morgan fingerprint density at radius 1 is 1.33 bits per heavy atom. The molecule has 2 N–H and O–H groups in total. The van der Waals surface area contributed by atoms with E-state index in [1.165, 1.54) is 0 Å². The molecule has 0 aromatic heterocycles. The maximum atomic E-state index is 13.0. The molecule has 1 aliphatic heterocycles. The lowest BCUT2D eigenvalue weighted by atomic mass is 10.1. The predicted molar refractivity (Wildman–Crippen MR) is 81.5 cm³/mol. The van der Waals surface area contributed by atoms with Crippen LogP contribution in [0.2, 0.25) is 10.0 Å². The molecule has 1 aromatic carbocycles. The lowest BCUT2D eigenvalue weighted by Gasteiger charge is -2.22. The molecular weight excluding hydrogens is 318 g/mol. The Morgan fingerprint density at radius 2 is 1.95 bits per heavy atom. The minimum atomic E-state index is -0.544. The molecule has 0 unspecified atom stereocenters. The van der Waals surface area contributed by atoms with Crippen LogP contribution in [-0.4, -0.2) is 31.7 Å². The first-order chi connectivity index (χ1) is 10.1. The van der Waals surface area contributed by atoms with Gasteiger partial charge in [0.25, 0.3) is 0 Å². The van der Waals surface area contributed by atoms with Crippen LogP contribution in [0.15, 0.2) is 12.1 Å². The van der Waals surface area contributed by atoms with Crippen LogP contribution in [0.1, 0.15) is 19.3 Å². The smallest absolute Gasteiger partial charge is 0.226 e. The summed E-state index contributed by atoms with van der Waals surface area (Å²) < 4.78 is 18.7. The van der Waals surface area contributed by atoms with Crippen molar-refractivity contribution in [1.82, 2.24) is 5.32 Å². The highest BCUT2D eigenvalue weighted by Crippen LogP contribution is 2.31. The number of hydrogen-bond donors (Lipinski definition) is 2. The Morgan fingerprint density at radius 3 is 2.57 bits per heavy atom. The molecule has 0 atom stereocenters. The number of rotatable bonds is 5. The zero-order valence-electron chi connectivity index (χ0n) is 11.4. The van der Waals surface area contributed by atoms with Gasteiger partial charge in [-0.15, -0.1) is 0 Å². The van der Waals surface area contributed by atoms with E-state index in [2.05, 4.69) is 10.6 Å². The number of nitrogens with one attached hydrogen (secondary N) is 2. The van der Waals surface area contributed by atoms with Crippen molar-refractivity contribution in [2.24, 2.45) is 0 Å². The standard InChI is InChI=1S/C14H17Cl2FN2O2/c15-11-7-9(17)8-12(16)14(11)19-13(20)3-6-21-10-1-4-18-5-2-10/h7-8,10,18H,1-6H2,(H,19,20). The average Bonchev–Trinajstić information content (AvgIpc) is 2.44. The van der Waals surface area contributed by atoms with Crippen LogP contribution in [0, 0.1) is 5.82 Å². The fourth-order valence-electron chi connectivity index (χ4n) is 2.14. The van der Waals surface area contributed by atoms with Gasteiger partial charge < -0.3 is 15.4 Å². The van der Waals surface area contributed by atoms with E-state index in [1.54, 1.807) is 0 Å².